The molecule has 0 bridgehead atoms. The third-order valence-electron chi connectivity index (χ3n) is 4.51. The lowest BCUT2D eigenvalue weighted by molar-refractivity contribution is -0.132. The first-order valence-corrected chi connectivity index (χ1v) is 10.7. The summed E-state index contributed by atoms with van der Waals surface area (Å²) in [4.78, 5) is 46.6. The molecule has 148 valence electrons. The summed E-state index contributed by atoms with van der Waals surface area (Å²) in [5.41, 5.74) is 0.923. The van der Waals surface area contributed by atoms with Crippen LogP contribution in [-0.4, -0.2) is 53.1 Å². The number of aromatic amines is 1. The van der Waals surface area contributed by atoms with Crippen LogP contribution in [0.2, 0.25) is 0 Å². The molecule has 0 spiro atoms. The molecule has 2 amide bonds. The third-order valence-corrected chi connectivity index (χ3v) is 6.41. The molecule has 0 radical (unpaired) electrons. The average molecular weight is 411 g/mol. The predicted octanol–water partition coefficient (Wildman–Crippen LogP) is 2.18. The highest BCUT2D eigenvalue weighted by Crippen LogP contribution is 2.30. The van der Waals surface area contributed by atoms with Crippen molar-refractivity contribution in [2.45, 2.75) is 38.8 Å². The molecular weight excluding hydrogens is 384 g/mol. The zero-order chi connectivity index (χ0) is 20.1. The van der Waals surface area contributed by atoms with Crippen LogP contribution in [0.15, 0.2) is 9.95 Å². The SMILES string of the molecule is CC[C@H](C)Cc1c(C)sc2nc(SCC(=O)N(C)CC(=O)NC)[nH]c(=O)c12. The van der Waals surface area contributed by atoms with E-state index in [-0.39, 0.29) is 29.7 Å². The summed E-state index contributed by atoms with van der Waals surface area (Å²) >= 11 is 2.69. The van der Waals surface area contributed by atoms with Crippen LogP contribution in [-0.2, 0) is 16.0 Å². The van der Waals surface area contributed by atoms with Gasteiger partial charge in [0, 0.05) is 19.0 Å². The number of rotatable bonds is 8. The lowest BCUT2D eigenvalue weighted by atomic mass is 9.98. The van der Waals surface area contributed by atoms with Gasteiger partial charge in [0.25, 0.3) is 5.56 Å². The van der Waals surface area contributed by atoms with Crippen LogP contribution in [0.1, 0.15) is 30.7 Å². The standard InChI is InChI=1S/C18H26N4O3S2/c1-6-10(2)7-12-11(3)27-17-15(12)16(25)20-18(21-17)26-9-14(24)22(5)8-13(23)19-4/h10H,6-9H2,1-5H3,(H,19,23)(H,20,21,25)/t10-/m0/s1. The Kier molecular flexibility index (Phi) is 7.43. The summed E-state index contributed by atoms with van der Waals surface area (Å²) < 4.78 is 0. The van der Waals surface area contributed by atoms with Crippen LogP contribution in [0.25, 0.3) is 10.2 Å². The molecule has 0 aliphatic rings. The second-order valence-corrected chi connectivity index (χ2v) is 8.78. The Morgan fingerprint density at radius 2 is 2.11 bits per heavy atom. The van der Waals surface area contributed by atoms with E-state index < -0.39 is 0 Å². The fraction of sp³-hybridized carbons (Fsp3) is 0.556. The molecule has 7 nitrogen and oxygen atoms in total. The van der Waals surface area contributed by atoms with E-state index in [0.717, 1.165) is 23.3 Å². The number of nitrogens with zero attached hydrogens (tertiary/aromatic N) is 2. The van der Waals surface area contributed by atoms with Crippen LogP contribution < -0.4 is 10.9 Å². The molecule has 2 N–H and O–H groups in total. The van der Waals surface area contributed by atoms with Crippen molar-refractivity contribution < 1.29 is 9.59 Å². The first-order chi connectivity index (χ1) is 12.8. The van der Waals surface area contributed by atoms with Gasteiger partial charge in [0.1, 0.15) is 4.83 Å². The number of aryl methyl sites for hydroxylation is 1. The summed E-state index contributed by atoms with van der Waals surface area (Å²) in [5, 5.41) is 3.57. The van der Waals surface area contributed by atoms with Crippen molar-refractivity contribution in [1.29, 1.82) is 0 Å². The van der Waals surface area contributed by atoms with Gasteiger partial charge >= 0.3 is 0 Å². The topological polar surface area (TPSA) is 95.2 Å². The number of H-pyrrole nitrogens is 1. The molecule has 0 aromatic carbocycles. The number of thiophene rings is 1. The van der Waals surface area contributed by atoms with E-state index >= 15 is 0 Å². The van der Waals surface area contributed by atoms with Gasteiger partial charge in [-0.1, -0.05) is 32.0 Å². The second kappa shape index (κ2) is 9.36. The maximum atomic E-state index is 12.6. The van der Waals surface area contributed by atoms with Gasteiger partial charge in [-0.25, -0.2) is 4.98 Å². The van der Waals surface area contributed by atoms with E-state index in [9.17, 15) is 14.4 Å². The van der Waals surface area contributed by atoms with Crippen molar-refractivity contribution in [3.63, 3.8) is 0 Å². The maximum absolute atomic E-state index is 12.6. The maximum Gasteiger partial charge on any atom is 0.260 e. The Bertz CT molecular complexity index is 891. The first-order valence-electron chi connectivity index (χ1n) is 8.86. The summed E-state index contributed by atoms with van der Waals surface area (Å²) in [6.07, 6.45) is 1.92. The summed E-state index contributed by atoms with van der Waals surface area (Å²) in [6.45, 7) is 6.34. The predicted molar refractivity (Wildman–Crippen MR) is 111 cm³/mol. The summed E-state index contributed by atoms with van der Waals surface area (Å²) in [7, 11) is 3.10. The van der Waals surface area contributed by atoms with Crippen LogP contribution >= 0.6 is 23.1 Å². The molecule has 0 aliphatic carbocycles. The molecular formula is C18H26N4O3S2. The number of carbonyl (C=O) groups is 2. The van der Waals surface area contributed by atoms with E-state index in [2.05, 4.69) is 29.1 Å². The van der Waals surface area contributed by atoms with Gasteiger partial charge < -0.3 is 15.2 Å². The molecule has 27 heavy (non-hydrogen) atoms. The summed E-state index contributed by atoms with van der Waals surface area (Å²) in [5.74, 6) is 0.174. The monoisotopic (exact) mass is 410 g/mol. The van der Waals surface area contributed by atoms with Crippen LogP contribution in [0.4, 0.5) is 0 Å². The molecule has 2 heterocycles. The first kappa shape index (κ1) is 21.4. The van der Waals surface area contributed by atoms with Crippen molar-refractivity contribution in [2.24, 2.45) is 5.92 Å². The Labute approximate surface area is 166 Å². The smallest absolute Gasteiger partial charge is 0.260 e. The molecule has 2 aromatic heterocycles. The number of thioether (sulfide) groups is 1. The second-order valence-electron chi connectivity index (χ2n) is 6.62. The van der Waals surface area contributed by atoms with Gasteiger partial charge in [0.2, 0.25) is 11.8 Å². The fourth-order valence-electron chi connectivity index (χ4n) is 2.59. The van der Waals surface area contributed by atoms with Gasteiger partial charge in [-0.05, 0) is 24.8 Å². The molecule has 0 saturated heterocycles. The average Bonchev–Trinajstić information content (AvgIpc) is 2.94. The van der Waals surface area contributed by atoms with E-state index in [1.165, 1.54) is 35.0 Å². The van der Waals surface area contributed by atoms with Gasteiger partial charge in [0.15, 0.2) is 5.16 Å². The molecule has 9 heteroatoms. The minimum atomic E-state index is -0.230. The Hall–Kier alpha value is -1.87. The zero-order valence-electron chi connectivity index (χ0n) is 16.3. The minimum Gasteiger partial charge on any atom is -0.358 e. The highest BCUT2D eigenvalue weighted by molar-refractivity contribution is 7.99. The highest BCUT2D eigenvalue weighted by Gasteiger charge is 2.18. The quantitative estimate of drug-likeness (QED) is 0.514. The third kappa shape index (κ3) is 5.32. The van der Waals surface area contributed by atoms with E-state index in [4.69, 9.17) is 0 Å². The van der Waals surface area contributed by atoms with E-state index in [1.807, 2.05) is 6.92 Å². The molecule has 0 unspecified atom stereocenters. The molecule has 0 saturated carbocycles. The lowest BCUT2D eigenvalue weighted by Gasteiger charge is -2.15. The van der Waals surface area contributed by atoms with E-state index in [1.54, 1.807) is 7.05 Å². The Balaban J connectivity index is 2.16. The number of hydrogen-bond acceptors (Lipinski definition) is 6. The van der Waals surface area contributed by atoms with Gasteiger partial charge in [-0.2, -0.15) is 0 Å². The number of carbonyl (C=O) groups excluding carboxylic acids is 2. The molecule has 0 fully saturated rings. The molecule has 0 aliphatic heterocycles. The number of likely N-dealkylation sites (N-methyl/N-ethyl adjacent to an activating group) is 2. The van der Waals surface area contributed by atoms with Crippen LogP contribution in [0.3, 0.4) is 0 Å². The van der Waals surface area contributed by atoms with Crippen molar-refractivity contribution in [2.75, 3.05) is 26.4 Å². The Morgan fingerprint density at radius 1 is 1.41 bits per heavy atom. The number of hydrogen-bond donors (Lipinski definition) is 2. The highest BCUT2D eigenvalue weighted by atomic mass is 32.2. The molecule has 2 aromatic rings. The number of aromatic nitrogens is 2. The normalized spacial score (nSPS) is 12.2. The van der Waals surface area contributed by atoms with Gasteiger partial charge in [-0.15, -0.1) is 11.3 Å². The van der Waals surface area contributed by atoms with Crippen molar-refractivity contribution in [3.8, 4) is 0 Å². The fourth-order valence-corrected chi connectivity index (χ4v) is 4.50. The van der Waals surface area contributed by atoms with Gasteiger partial charge in [0.05, 0.1) is 17.7 Å². The van der Waals surface area contributed by atoms with Gasteiger partial charge in [-0.3, -0.25) is 14.4 Å². The van der Waals surface area contributed by atoms with Crippen molar-refractivity contribution in [3.05, 3.63) is 20.8 Å². The Morgan fingerprint density at radius 3 is 2.74 bits per heavy atom. The molecule has 1 atom stereocenters. The molecule has 2 rings (SSSR count). The summed E-state index contributed by atoms with van der Waals surface area (Å²) in [6, 6.07) is 0. The lowest BCUT2D eigenvalue weighted by Crippen LogP contribution is -2.37. The van der Waals surface area contributed by atoms with Crippen molar-refractivity contribution in [1.82, 2.24) is 20.2 Å². The number of nitrogens with one attached hydrogen (secondary N) is 2. The van der Waals surface area contributed by atoms with Crippen LogP contribution in [0.5, 0.6) is 0 Å². The largest absolute Gasteiger partial charge is 0.358 e. The van der Waals surface area contributed by atoms with Crippen molar-refractivity contribution >= 4 is 45.1 Å². The minimum absolute atomic E-state index is 0.00195. The van der Waals surface area contributed by atoms with E-state index in [0.29, 0.717) is 21.3 Å². The number of amides is 2. The van der Waals surface area contributed by atoms with Crippen LogP contribution in [0, 0.1) is 12.8 Å². The number of fused-ring (bicyclic) bond motifs is 1. The zero-order valence-corrected chi connectivity index (χ0v) is 18.0.